The molecule has 130 valence electrons. The van der Waals surface area contributed by atoms with Crippen LogP contribution in [0.5, 0.6) is 0 Å². The third-order valence-corrected chi connectivity index (χ3v) is 5.29. The summed E-state index contributed by atoms with van der Waals surface area (Å²) in [5.74, 6) is -0.401. The zero-order chi connectivity index (χ0) is 17.9. The van der Waals surface area contributed by atoms with Gasteiger partial charge in [-0.3, -0.25) is 14.4 Å². The van der Waals surface area contributed by atoms with E-state index in [2.05, 4.69) is 15.3 Å². The summed E-state index contributed by atoms with van der Waals surface area (Å²) in [4.78, 5) is 39.0. The minimum absolute atomic E-state index is 0.0798. The minimum Gasteiger partial charge on any atom is -0.355 e. The summed E-state index contributed by atoms with van der Waals surface area (Å²) in [7, 11) is -3.92. The molecule has 0 spiro atoms. The van der Waals surface area contributed by atoms with Crippen LogP contribution in [-0.2, 0) is 14.8 Å². The molecule has 0 saturated heterocycles. The van der Waals surface area contributed by atoms with E-state index in [0.29, 0.717) is 12.1 Å². The first-order valence-electron chi connectivity index (χ1n) is 7.32. The van der Waals surface area contributed by atoms with Gasteiger partial charge >= 0.3 is 11.1 Å². The molecule has 0 radical (unpaired) electrons. The van der Waals surface area contributed by atoms with Crippen LogP contribution in [0.1, 0.15) is 13.8 Å². The summed E-state index contributed by atoms with van der Waals surface area (Å²) in [5, 5.41) is 2.54. The molecule has 3 N–H and O–H groups in total. The zero-order valence-electron chi connectivity index (χ0n) is 13.3. The third kappa shape index (κ3) is 3.54. The molecule has 0 unspecified atom stereocenters. The molecule has 1 amide bonds. The normalized spacial score (nSPS) is 11.8. The first-order valence-corrected chi connectivity index (χ1v) is 8.76. The number of carbonyl (C=O) groups is 1. The first kappa shape index (κ1) is 17.9. The van der Waals surface area contributed by atoms with Crippen LogP contribution in [-0.4, -0.2) is 48.2 Å². The van der Waals surface area contributed by atoms with E-state index in [-0.39, 0.29) is 23.5 Å². The predicted molar refractivity (Wildman–Crippen MR) is 88.3 cm³/mol. The van der Waals surface area contributed by atoms with Crippen molar-refractivity contribution in [3.8, 4) is 0 Å². The average Bonchev–Trinajstić information content (AvgIpc) is 2.53. The second kappa shape index (κ2) is 6.97. The molecule has 1 aromatic carbocycles. The van der Waals surface area contributed by atoms with Crippen LogP contribution in [0.3, 0.4) is 0 Å². The summed E-state index contributed by atoms with van der Waals surface area (Å²) in [6.07, 6.45) is 0. The number of benzene rings is 1. The maximum Gasteiger partial charge on any atom is 0.314 e. The van der Waals surface area contributed by atoms with Gasteiger partial charge < -0.3 is 15.3 Å². The number of amides is 1. The molecule has 24 heavy (non-hydrogen) atoms. The van der Waals surface area contributed by atoms with Crippen molar-refractivity contribution in [1.82, 2.24) is 19.6 Å². The van der Waals surface area contributed by atoms with E-state index >= 15 is 0 Å². The maximum atomic E-state index is 12.7. The number of rotatable bonds is 6. The van der Waals surface area contributed by atoms with E-state index in [0.717, 1.165) is 4.31 Å². The molecule has 0 bridgehead atoms. The van der Waals surface area contributed by atoms with Crippen LogP contribution in [0.4, 0.5) is 0 Å². The van der Waals surface area contributed by atoms with Crippen LogP contribution < -0.4 is 16.4 Å². The fourth-order valence-corrected chi connectivity index (χ4v) is 3.62. The topological polar surface area (TPSA) is 132 Å². The fraction of sp³-hybridized carbons (Fsp3) is 0.357. The summed E-state index contributed by atoms with van der Waals surface area (Å²) in [6.45, 7) is 3.58. The van der Waals surface area contributed by atoms with Crippen molar-refractivity contribution in [1.29, 1.82) is 0 Å². The Kier molecular flexibility index (Phi) is 5.20. The molecular weight excluding hydrogens is 336 g/mol. The number of fused-ring (bicyclic) bond motifs is 1. The number of aromatic amines is 2. The van der Waals surface area contributed by atoms with Gasteiger partial charge in [0, 0.05) is 13.1 Å². The van der Waals surface area contributed by atoms with Crippen molar-refractivity contribution in [2.45, 2.75) is 18.7 Å². The molecule has 2 aromatic rings. The first-order chi connectivity index (χ1) is 11.3. The average molecular weight is 354 g/mol. The molecule has 0 atom stereocenters. The highest BCUT2D eigenvalue weighted by atomic mass is 32.2. The Morgan fingerprint density at radius 1 is 1.12 bits per heavy atom. The number of likely N-dealkylation sites (N-methyl/N-ethyl adjacent to an activating group) is 2. The van der Waals surface area contributed by atoms with Gasteiger partial charge in [-0.05, 0) is 25.1 Å². The molecule has 1 heterocycles. The van der Waals surface area contributed by atoms with E-state index in [1.165, 1.54) is 18.2 Å². The summed E-state index contributed by atoms with van der Waals surface area (Å²) >= 11 is 0. The van der Waals surface area contributed by atoms with Gasteiger partial charge in [-0.2, -0.15) is 4.31 Å². The molecule has 0 aliphatic heterocycles. The molecule has 0 aliphatic carbocycles. The van der Waals surface area contributed by atoms with E-state index in [4.69, 9.17) is 0 Å². The van der Waals surface area contributed by atoms with Crippen molar-refractivity contribution >= 4 is 27.0 Å². The lowest BCUT2D eigenvalue weighted by Gasteiger charge is -2.20. The van der Waals surface area contributed by atoms with Crippen LogP contribution in [0.25, 0.3) is 11.0 Å². The lowest BCUT2D eigenvalue weighted by atomic mass is 10.3. The summed E-state index contributed by atoms with van der Waals surface area (Å²) in [5.41, 5.74) is -1.18. The largest absolute Gasteiger partial charge is 0.355 e. The molecular formula is C14H18N4O5S. The molecule has 10 heteroatoms. The van der Waals surface area contributed by atoms with Gasteiger partial charge in [0.1, 0.15) is 0 Å². The fourth-order valence-electron chi connectivity index (χ4n) is 2.18. The smallest absolute Gasteiger partial charge is 0.314 e. The van der Waals surface area contributed by atoms with Gasteiger partial charge in [0.25, 0.3) is 0 Å². The van der Waals surface area contributed by atoms with Gasteiger partial charge in [0.2, 0.25) is 15.9 Å². The van der Waals surface area contributed by atoms with Crippen LogP contribution in [0.15, 0.2) is 32.7 Å². The maximum absolute atomic E-state index is 12.7. The standard InChI is InChI=1S/C14H18N4O5S/c1-3-15-12(19)8-18(4-2)24(22,23)9-5-6-10-11(7-9)17-14(21)13(20)16-10/h5-7H,3-4,8H2,1-2H3,(H,15,19)(H,16,20)(H,17,21). The number of aromatic nitrogens is 2. The van der Waals surface area contributed by atoms with E-state index < -0.39 is 27.0 Å². The Bertz CT molecular complexity index is 977. The number of hydrogen-bond donors (Lipinski definition) is 3. The van der Waals surface area contributed by atoms with Crippen molar-refractivity contribution in [3.63, 3.8) is 0 Å². The third-order valence-electron chi connectivity index (χ3n) is 3.38. The second-order valence-corrected chi connectivity index (χ2v) is 6.94. The summed E-state index contributed by atoms with van der Waals surface area (Å²) < 4.78 is 26.4. The highest BCUT2D eigenvalue weighted by Gasteiger charge is 2.25. The van der Waals surface area contributed by atoms with Crippen LogP contribution in [0, 0.1) is 0 Å². The minimum atomic E-state index is -3.92. The molecule has 0 fully saturated rings. The predicted octanol–water partition coefficient (Wildman–Crippen LogP) is -0.637. The number of sulfonamides is 1. The van der Waals surface area contributed by atoms with Gasteiger partial charge in [0.15, 0.2) is 0 Å². The van der Waals surface area contributed by atoms with Gasteiger partial charge in [0.05, 0.1) is 22.5 Å². The highest BCUT2D eigenvalue weighted by molar-refractivity contribution is 7.89. The molecule has 9 nitrogen and oxygen atoms in total. The number of hydrogen-bond acceptors (Lipinski definition) is 5. The zero-order valence-corrected chi connectivity index (χ0v) is 14.1. The Balaban J connectivity index is 2.45. The Morgan fingerprint density at radius 2 is 1.75 bits per heavy atom. The number of nitrogens with one attached hydrogen (secondary N) is 3. The van der Waals surface area contributed by atoms with E-state index in [9.17, 15) is 22.8 Å². The van der Waals surface area contributed by atoms with Gasteiger partial charge in [-0.1, -0.05) is 6.92 Å². The van der Waals surface area contributed by atoms with Gasteiger partial charge in [-0.15, -0.1) is 0 Å². The molecule has 0 aliphatic rings. The number of carbonyl (C=O) groups excluding carboxylic acids is 1. The SMILES string of the molecule is CCNC(=O)CN(CC)S(=O)(=O)c1ccc2[nH]c(=O)c(=O)[nH]c2c1. The van der Waals surface area contributed by atoms with E-state index in [1.807, 2.05) is 0 Å². The lowest BCUT2D eigenvalue weighted by Crippen LogP contribution is -2.40. The van der Waals surface area contributed by atoms with E-state index in [1.54, 1.807) is 13.8 Å². The van der Waals surface area contributed by atoms with Crippen molar-refractivity contribution in [2.75, 3.05) is 19.6 Å². The molecule has 0 saturated carbocycles. The monoisotopic (exact) mass is 354 g/mol. The number of nitrogens with zero attached hydrogens (tertiary/aromatic N) is 1. The molecule has 2 rings (SSSR count). The van der Waals surface area contributed by atoms with Crippen molar-refractivity contribution < 1.29 is 13.2 Å². The highest BCUT2D eigenvalue weighted by Crippen LogP contribution is 2.18. The van der Waals surface area contributed by atoms with Crippen LogP contribution in [0.2, 0.25) is 0 Å². The number of H-pyrrole nitrogens is 2. The quantitative estimate of drug-likeness (QED) is 0.594. The molecule has 1 aromatic heterocycles. The lowest BCUT2D eigenvalue weighted by molar-refractivity contribution is -0.121. The van der Waals surface area contributed by atoms with Crippen molar-refractivity contribution in [2.24, 2.45) is 0 Å². The Labute approximate surface area is 137 Å². The van der Waals surface area contributed by atoms with Crippen molar-refractivity contribution in [3.05, 3.63) is 38.9 Å². The van der Waals surface area contributed by atoms with Gasteiger partial charge in [-0.25, -0.2) is 8.42 Å². The van der Waals surface area contributed by atoms with Crippen LogP contribution >= 0.6 is 0 Å². The summed E-state index contributed by atoms with van der Waals surface area (Å²) in [6, 6.07) is 3.95. The second-order valence-electron chi connectivity index (χ2n) is 5.00. The Hall–Kier alpha value is -2.46. The Morgan fingerprint density at radius 3 is 2.33 bits per heavy atom.